The molecule has 340 valence electrons. The van der Waals surface area contributed by atoms with Crippen LogP contribution < -0.4 is 10.7 Å². The number of pyridine rings is 1. The van der Waals surface area contributed by atoms with Gasteiger partial charge in [0.05, 0.1) is 55.1 Å². The molecule has 2 saturated heterocycles. The van der Waals surface area contributed by atoms with Crippen molar-refractivity contribution in [2.24, 2.45) is 11.3 Å². The highest BCUT2D eigenvalue weighted by molar-refractivity contribution is 7.10. The molecule has 0 saturated carbocycles. The van der Waals surface area contributed by atoms with Crippen LogP contribution in [0, 0.1) is 11.3 Å². The number of methoxy groups -OCH3 is 1. The summed E-state index contributed by atoms with van der Waals surface area (Å²) in [6, 6.07) is 8.84. The van der Waals surface area contributed by atoms with Crippen LogP contribution in [0.25, 0.3) is 33.4 Å². The summed E-state index contributed by atoms with van der Waals surface area (Å²) >= 11 is 1.43. The van der Waals surface area contributed by atoms with E-state index in [0.717, 1.165) is 57.5 Å². The maximum Gasteiger partial charge on any atom is 0.493 e. The first-order chi connectivity index (χ1) is 30.1. The summed E-state index contributed by atoms with van der Waals surface area (Å²) in [7, 11) is 3.30. The van der Waals surface area contributed by atoms with E-state index >= 15 is 0 Å². The van der Waals surface area contributed by atoms with Gasteiger partial charge in [0.1, 0.15) is 18.1 Å². The molecule has 15 nitrogen and oxygen atoms in total. The standard InChI is InChI=1S/C47H64N8O7S/c1-11-53-39-17-16-33(21-35(39)36(23-47(7,8)27-62-28-56)43(53)34-15-14-18-48-41(34)32(6)60-10)38-26-63-40(50-38)22-37(45(58)54-20-13-12-19-49-54)51-44(57)42(29(2)3)52(9)46(59)55-30(4)24-61-25-31(55)5/h14-18,21,26,28-32,37,49H,11-13,19-20,22-25,27H2,1-10H3/p+1/b52-42+/t30-,31?,32?,37?/m1/s1. The summed E-state index contributed by atoms with van der Waals surface area (Å²) in [6.07, 6.45) is 4.09. The Balaban J connectivity index is 1.37. The minimum absolute atomic E-state index is 0.157. The largest absolute Gasteiger partial charge is 0.493 e. The zero-order valence-electron chi connectivity index (χ0n) is 38.5. The van der Waals surface area contributed by atoms with Crippen LogP contribution >= 0.6 is 11.3 Å². The number of aromatic nitrogens is 3. The third kappa shape index (κ3) is 10.5. The second-order valence-electron chi connectivity index (χ2n) is 17.9. The minimum Gasteiger partial charge on any atom is -0.467 e. The van der Waals surface area contributed by atoms with Gasteiger partial charge in [0, 0.05) is 78.1 Å². The fourth-order valence-corrected chi connectivity index (χ4v) is 9.76. The summed E-state index contributed by atoms with van der Waals surface area (Å²) in [6.45, 7) is 19.4. The van der Waals surface area contributed by atoms with E-state index in [2.05, 4.69) is 60.3 Å². The molecule has 4 amide bonds. The van der Waals surface area contributed by atoms with E-state index in [1.165, 1.54) is 15.9 Å². The van der Waals surface area contributed by atoms with E-state index in [0.29, 0.717) is 50.7 Å². The highest BCUT2D eigenvalue weighted by Crippen LogP contribution is 2.42. The first kappa shape index (κ1) is 47.4. The van der Waals surface area contributed by atoms with Crippen molar-refractivity contribution in [3.05, 3.63) is 58.2 Å². The number of benzene rings is 1. The topological polar surface area (TPSA) is 160 Å². The van der Waals surface area contributed by atoms with Gasteiger partial charge in [-0.25, -0.2) is 15.3 Å². The molecule has 3 aromatic heterocycles. The lowest BCUT2D eigenvalue weighted by Gasteiger charge is -2.33. The molecule has 0 spiro atoms. The number of carbonyl (C=O) groups is 4. The zero-order valence-corrected chi connectivity index (χ0v) is 39.3. The third-order valence-corrected chi connectivity index (χ3v) is 12.9. The van der Waals surface area contributed by atoms with Crippen LogP contribution in [0.2, 0.25) is 0 Å². The molecule has 4 atom stereocenters. The van der Waals surface area contributed by atoms with Gasteiger partial charge >= 0.3 is 6.03 Å². The van der Waals surface area contributed by atoms with Gasteiger partial charge in [-0.15, -0.1) is 11.3 Å². The lowest BCUT2D eigenvalue weighted by molar-refractivity contribution is -0.409. The number of thiazole rings is 1. The SMILES string of the molecule is CCn1c(-c2cccnc2C(C)OC)c(CC(C)(C)COC=O)c2cc(-c3csc(CC(NC(=O)/C(C(C)C)=[N+](\C)C(=O)N4C(C)COC[C@H]4C)C(=O)N4CCCCN4)n3)ccc21. The van der Waals surface area contributed by atoms with Crippen LogP contribution in [0.5, 0.6) is 0 Å². The molecule has 2 N–H and O–H groups in total. The normalized spacial score (nSPS) is 18.6. The van der Waals surface area contributed by atoms with E-state index in [4.69, 9.17) is 24.2 Å². The molecule has 63 heavy (non-hydrogen) atoms. The van der Waals surface area contributed by atoms with Gasteiger partial charge in [0.25, 0.3) is 18.3 Å². The summed E-state index contributed by atoms with van der Waals surface area (Å²) in [5, 5.41) is 8.35. The number of carbonyl (C=O) groups excluding carboxylic acids is 4. The molecule has 0 aliphatic carbocycles. The Hall–Kier alpha value is -5.03. The van der Waals surface area contributed by atoms with Gasteiger partial charge in [0.2, 0.25) is 0 Å². The predicted octanol–water partition coefficient (Wildman–Crippen LogP) is 6.42. The molecule has 4 aromatic rings. The van der Waals surface area contributed by atoms with Crippen molar-refractivity contribution in [3.8, 4) is 22.5 Å². The van der Waals surface area contributed by atoms with Crippen molar-refractivity contribution in [2.75, 3.05) is 47.1 Å². The van der Waals surface area contributed by atoms with Crippen molar-refractivity contribution in [2.45, 2.75) is 112 Å². The number of ether oxygens (including phenoxy) is 3. The number of fused-ring (bicyclic) bond motifs is 1. The Labute approximate surface area is 375 Å². The monoisotopic (exact) mass is 885 g/mol. The van der Waals surface area contributed by atoms with Gasteiger partial charge in [-0.3, -0.25) is 24.4 Å². The van der Waals surface area contributed by atoms with E-state index in [9.17, 15) is 19.2 Å². The first-order valence-electron chi connectivity index (χ1n) is 22.1. The fraction of sp³-hybridized carbons (Fsp3) is 0.553. The van der Waals surface area contributed by atoms with Crippen molar-refractivity contribution in [1.82, 2.24) is 35.2 Å². The molecule has 2 aliphatic heterocycles. The average molecular weight is 886 g/mol. The molecule has 0 bridgehead atoms. The molecule has 3 unspecified atom stereocenters. The molecule has 1 aromatic carbocycles. The number of aryl methyl sites for hydroxylation is 1. The third-order valence-electron chi connectivity index (χ3n) is 12.0. The van der Waals surface area contributed by atoms with Crippen molar-refractivity contribution in [3.63, 3.8) is 0 Å². The molecular formula is C47H65N8O7S+. The summed E-state index contributed by atoms with van der Waals surface area (Å²) in [4.78, 5) is 65.4. The Kier molecular flexibility index (Phi) is 15.6. The molecule has 2 fully saturated rings. The molecule has 2 aliphatic rings. The Morgan fingerprint density at radius 2 is 1.87 bits per heavy atom. The molecular weight excluding hydrogens is 821 g/mol. The van der Waals surface area contributed by atoms with E-state index < -0.39 is 17.4 Å². The number of hydrogen-bond acceptors (Lipinski definition) is 11. The van der Waals surface area contributed by atoms with E-state index in [1.807, 2.05) is 46.1 Å². The van der Waals surface area contributed by atoms with Crippen LogP contribution in [0.4, 0.5) is 4.79 Å². The number of nitrogens with one attached hydrogen (secondary N) is 2. The number of hydrogen-bond donors (Lipinski definition) is 2. The zero-order chi connectivity index (χ0) is 45.6. The van der Waals surface area contributed by atoms with Crippen molar-refractivity contribution < 1.29 is 38.0 Å². The van der Waals surface area contributed by atoms with E-state index in [-0.39, 0.29) is 54.8 Å². The Morgan fingerprint density at radius 3 is 2.52 bits per heavy atom. The maximum atomic E-state index is 14.3. The number of nitrogens with zero attached hydrogens (tertiary/aromatic N) is 6. The highest BCUT2D eigenvalue weighted by atomic mass is 32.1. The van der Waals surface area contributed by atoms with Crippen LogP contribution in [0.3, 0.4) is 0 Å². The predicted molar refractivity (Wildman–Crippen MR) is 244 cm³/mol. The number of rotatable bonds is 16. The second-order valence-corrected chi connectivity index (χ2v) is 18.8. The first-order valence-corrected chi connectivity index (χ1v) is 23.0. The lowest BCUT2D eigenvalue weighted by atomic mass is 9.84. The quantitative estimate of drug-likeness (QED) is 0.0731. The number of urea groups is 1. The Morgan fingerprint density at radius 1 is 1.13 bits per heavy atom. The summed E-state index contributed by atoms with van der Waals surface area (Å²) < 4.78 is 20.5. The van der Waals surface area contributed by atoms with Gasteiger partial charge in [-0.1, -0.05) is 33.8 Å². The Bertz CT molecular complexity index is 2300. The van der Waals surface area contributed by atoms with E-state index in [1.54, 1.807) is 30.3 Å². The fourth-order valence-electron chi connectivity index (χ4n) is 8.91. The second kappa shape index (κ2) is 20.6. The minimum atomic E-state index is -0.949. The van der Waals surface area contributed by atoms with Crippen LogP contribution in [0.1, 0.15) is 90.6 Å². The van der Waals surface area contributed by atoms with Crippen molar-refractivity contribution >= 4 is 52.3 Å². The maximum absolute atomic E-state index is 14.3. The average Bonchev–Trinajstić information content (AvgIpc) is 3.86. The van der Waals surface area contributed by atoms with Gasteiger partial charge < -0.3 is 24.1 Å². The van der Waals surface area contributed by atoms with Gasteiger partial charge in [0.15, 0.2) is 5.71 Å². The smallest absolute Gasteiger partial charge is 0.467 e. The number of morpholine rings is 1. The van der Waals surface area contributed by atoms with Crippen LogP contribution in [-0.2, 0) is 48.0 Å². The lowest BCUT2D eigenvalue weighted by Crippen LogP contribution is -2.59. The number of hydrazine groups is 1. The molecule has 5 heterocycles. The molecule has 6 rings (SSSR count). The summed E-state index contributed by atoms with van der Waals surface area (Å²) in [5.41, 5.74) is 9.72. The highest BCUT2D eigenvalue weighted by Gasteiger charge is 2.41. The molecule has 16 heteroatoms. The van der Waals surface area contributed by atoms with Gasteiger partial charge in [-0.05, 0) is 76.8 Å². The van der Waals surface area contributed by atoms with Crippen molar-refractivity contribution in [1.29, 1.82) is 0 Å². The number of amides is 4. The van der Waals surface area contributed by atoms with Crippen LogP contribution in [0.15, 0.2) is 41.9 Å². The summed E-state index contributed by atoms with van der Waals surface area (Å²) in [5.74, 6) is -1.06. The molecule has 0 radical (unpaired) electrons. The van der Waals surface area contributed by atoms with Crippen LogP contribution in [-0.4, -0.2) is 124 Å². The van der Waals surface area contributed by atoms with Gasteiger partial charge in [-0.2, -0.15) is 9.37 Å².